The molecule has 1 aromatic rings. The van der Waals surface area contributed by atoms with Crippen LogP contribution in [-0.4, -0.2) is 36.0 Å². The minimum atomic E-state index is 0.0448. The number of aryl methyl sites for hydroxylation is 1. The van der Waals surface area contributed by atoms with Crippen molar-refractivity contribution >= 4 is 21.8 Å². The summed E-state index contributed by atoms with van der Waals surface area (Å²) in [4.78, 5) is 14.7. The lowest BCUT2D eigenvalue weighted by Gasteiger charge is -2.16. The van der Waals surface area contributed by atoms with E-state index in [-0.39, 0.29) is 5.91 Å². The summed E-state index contributed by atoms with van der Waals surface area (Å²) in [6.07, 6.45) is 3.76. The topological polar surface area (TPSA) is 32.3 Å². The predicted octanol–water partition coefficient (Wildman–Crippen LogP) is 2.72. The molecule has 1 saturated heterocycles. The lowest BCUT2D eigenvalue weighted by Crippen LogP contribution is -2.37. The normalized spacial score (nSPS) is 23.6. The van der Waals surface area contributed by atoms with Gasteiger partial charge in [0.25, 0.3) is 5.91 Å². The van der Waals surface area contributed by atoms with E-state index >= 15 is 0 Å². The maximum Gasteiger partial charge on any atom is 0.251 e. The molecule has 4 heteroatoms. The molecule has 1 aliphatic heterocycles. The second kappa shape index (κ2) is 5.25. The number of halogens is 1. The first kappa shape index (κ1) is 13.1. The Kier molecular flexibility index (Phi) is 3.63. The summed E-state index contributed by atoms with van der Waals surface area (Å²) in [5.41, 5.74) is 1.89. The van der Waals surface area contributed by atoms with E-state index in [0.717, 1.165) is 41.2 Å². The molecule has 0 bridgehead atoms. The molecule has 102 valence electrons. The molecule has 3 rings (SSSR count). The molecule has 3 nitrogen and oxygen atoms in total. The van der Waals surface area contributed by atoms with E-state index in [4.69, 9.17) is 0 Å². The van der Waals surface area contributed by atoms with Gasteiger partial charge in [0.1, 0.15) is 0 Å². The van der Waals surface area contributed by atoms with E-state index in [1.807, 2.05) is 25.1 Å². The highest BCUT2D eigenvalue weighted by atomic mass is 79.9. The Balaban J connectivity index is 1.60. The molecule has 2 fully saturated rings. The molecule has 1 unspecified atom stereocenters. The number of hydrogen-bond donors (Lipinski definition) is 1. The first-order chi connectivity index (χ1) is 9.13. The van der Waals surface area contributed by atoms with E-state index in [9.17, 15) is 4.79 Å². The number of hydrogen-bond acceptors (Lipinski definition) is 2. The van der Waals surface area contributed by atoms with Gasteiger partial charge in [0, 0.05) is 35.2 Å². The third kappa shape index (κ3) is 3.00. The van der Waals surface area contributed by atoms with Crippen LogP contribution in [0.5, 0.6) is 0 Å². The fraction of sp³-hybridized carbons (Fsp3) is 0.533. The molecule has 2 aliphatic rings. The largest absolute Gasteiger partial charge is 0.348 e. The van der Waals surface area contributed by atoms with Crippen LogP contribution in [0.2, 0.25) is 0 Å². The molecule has 1 amide bonds. The van der Waals surface area contributed by atoms with Crippen molar-refractivity contribution in [1.82, 2.24) is 10.2 Å². The van der Waals surface area contributed by atoms with Crippen LogP contribution in [-0.2, 0) is 0 Å². The smallest absolute Gasteiger partial charge is 0.251 e. The molecule has 1 atom stereocenters. The Morgan fingerprint density at radius 3 is 2.84 bits per heavy atom. The number of carbonyl (C=O) groups excluding carboxylic acids is 1. The molecule has 1 saturated carbocycles. The van der Waals surface area contributed by atoms with Gasteiger partial charge < -0.3 is 5.32 Å². The highest BCUT2D eigenvalue weighted by Gasteiger charge is 2.34. The number of carbonyl (C=O) groups is 1. The summed E-state index contributed by atoms with van der Waals surface area (Å²) < 4.78 is 0.992. The van der Waals surface area contributed by atoms with Crippen LogP contribution in [0.3, 0.4) is 0 Å². The molecule has 0 aromatic heterocycles. The molecule has 1 heterocycles. The Morgan fingerprint density at radius 1 is 1.37 bits per heavy atom. The second-order valence-corrected chi connectivity index (χ2v) is 6.50. The Labute approximate surface area is 122 Å². The number of likely N-dealkylation sites (tertiary alicyclic amines) is 1. The van der Waals surface area contributed by atoms with Crippen LogP contribution in [0.1, 0.15) is 35.2 Å². The third-order valence-electron chi connectivity index (χ3n) is 4.05. The van der Waals surface area contributed by atoms with Crippen molar-refractivity contribution < 1.29 is 4.79 Å². The molecule has 1 aliphatic carbocycles. The maximum absolute atomic E-state index is 12.2. The molecule has 1 aromatic carbocycles. The van der Waals surface area contributed by atoms with Crippen molar-refractivity contribution in [3.8, 4) is 0 Å². The van der Waals surface area contributed by atoms with Crippen LogP contribution in [0.4, 0.5) is 0 Å². The minimum Gasteiger partial charge on any atom is -0.348 e. The number of benzene rings is 1. The first-order valence-corrected chi connectivity index (χ1v) is 7.74. The van der Waals surface area contributed by atoms with Crippen LogP contribution >= 0.6 is 15.9 Å². The van der Waals surface area contributed by atoms with Gasteiger partial charge in [-0.3, -0.25) is 9.69 Å². The molecule has 1 N–H and O–H groups in total. The van der Waals surface area contributed by atoms with Gasteiger partial charge in [0.2, 0.25) is 0 Å². The summed E-state index contributed by atoms with van der Waals surface area (Å²) in [7, 11) is 0. The third-order valence-corrected chi connectivity index (χ3v) is 4.91. The van der Waals surface area contributed by atoms with E-state index in [2.05, 4.69) is 26.1 Å². The van der Waals surface area contributed by atoms with Crippen molar-refractivity contribution in [3.05, 3.63) is 33.8 Å². The van der Waals surface area contributed by atoms with E-state index < -0.39 is 0 Å². The predicted molar refractivity (Wildman–Crippen MR) is 79.3 cm³/mol. The summed E-state index contributed by atoms with van der Waals surface area (Å²) >= 11 is 3.48. The zero-order valence-corrected chi connectivity index (χ0v) is 12.7. The first-order valence-electron chi connectivity index (χ1n) is 6.94. The fourth-order valence-electron chi connectivity index (χ4n) is 2.68. The highest BCUT2D eigenvalue weighted by molar-refractivity contribution is 9.10. The van der Waals surface area contributed by atoms with Gasteiger partial charge in [-0.25, -0.2) is 0 Å². The van der Waals surface area contributed by atoms with Crippen molar-refractivity contribution in [2.75, 3.05) is 13.1 Å². The van der Waals surface area contributed by atoms with Gasteiger partial charge in [-0.15, -0.1) is 0 Å². The second-order valence-electron chi connectivity index (χ2n) is 5.65. The quantitative estimate of drug-likeness (QED) is 0.928. The minimum absolute atomic E-state index is 0.0448. The fourth-order valence-corrected chi connectivity index (χ4v) is 3.06. The average Bonchev–Trinajstić information content (AvgIpc) is 3.14. The molecular weight excluding hydrogens is 304 g/mol. The van der Waals surface area contributed by atoms with Crippen LogP contribution in [0, 0.1) is 6.92 Å². The van der Waals surface area contributed by atoms with Gasteiger partial charge in [-0.2, -0.15) is 0 Å². The van der Waals surface area contributed by atoms with Crippen LogP contribution in [0.25, 0.3) is 0 Å². The molecule has 0 spiro atoms. The van der Waals surface area contributed by atoms with Crippen LogP contribution in [0.15, 0.2) is 22.7 Å². The maximum atomic E-state index is 12.2. The summed E-state index contributed by atoms with van der Waals surface area (Å²) in [5, 5.41) is 3.15. The summed E-state index contributed by atoms with van der Waals surface area (Å²) in [6, 6.07) is 6.88. The molecule has 0 radical (unpaired) electrons. The molecular formula is C15H19BrN2O. The van der Waals surface area contributed by atoms with Crippen molar-refractivity contribution in [1.29, 1.82) is 0 Å². The summed E-state index contributed by atoms with van der Waals surface area (Å²) in [6.45, 7) is 4.17. The van der Waals surface area contributed by atoms with Gasteiger partial charge in [0.05, 0.1) is 0 Å². The number of nitrogens with zero attached hydrogens (tertiary/aromatic N) is 1. The zero-order valence-electron chi connectivity index (χ0n) is 11.2. The lowest BCUT2D eigenvalue weighted by atomic mass is 10.1. The molecule has 19 heavy (non-hydrogen) atoms. The van der Waals surface area contributed by atoms with Crippen molar-refractivity contribution in [3.63, 3.8) is 0 Å². The van der Waals surface area contributed by atoms with Crippen LogP contribution < -0.4 is 5.32 Å². The lowest BCUT2D eigenvalue weighted by molar-refractivity contribution is 0.0937. The SMILES string of the molecule is Cc1ccc(C(=O)NC2CCN(C3CC3)C2)cc1Br. The van der Waals surface area contributed by atoms with Gasteiger partial charge in [-0.1, -0.05) is 22.0 Å². The average molecular weight is 323 g/mol. The number of rotatable bonds is 3. The highest BCUT2D eigenvalue weighted by Crippen LogP contribution is 2.29. The number of amides is 1. The monoisotopic (exact) mass is 322 g/mol. The Morgan fingerprint density at radius 2 is 2.16 bits per heavy atom. The van der Waals surface area contributed by atoms with Crippen molar-refractivity contribution in [2.45, 2.75) is 38.3 Å². The van der Waals surface area contributed by atoms with Gasteiger partial charge in [-0.05, 0) is 43.9 Å². The van der Waals surface area contributed by atoms with Gasteiger partial charge >= 0.3 is 0 Å². The Bertz CT molecular complexity index is 499. The standard InChI is InChI=1S/C15H19BrN2O/c1-10-2-3-11(8-14(10)16)15(19)17-12-6-7-18(9-12)13-4-5-13/h2-3,8,12-13H,4-7,9H2,1H3,(H,17,19). The summed E-state index contributed by atoms with van der Waals surface area (Å²) in [5.74, 6) is 0.0448. The van der Waals surface area contributed by atoms with E-state index in [1.54, 1.807) is 0 Å². The van der Waals surface area contributed by atoms with E-state index in [1.165, 1.54) is 12.8 Å². The number of nitrogens with one attached hydrogen (secondary N) is 1. The van der Waals surface area contributed by atoms with Gasteiger partial charge in [0.15, 0.2) is 0 Å². The Hall–Kier alpha value is -0.870. The zero-order chi connectivity index (χ0) is 13.4. The van der Waals surface area contributed by atoms with E-state index in [0.29, 0.717) is 6.04 Å². The van der Waals surface area contributed by atoms with Crippen molar-refractivity contribution in [2.24, 2.45) is 0 Å².